The van der Waals surface area contributed by atoms with E-state index < -0.39 is 72.2 Å². The lowest BCUT2D eigenvalue weighted by molar-refractivity contribution is -0.306. The summed E-state index contributed by atoms with van der Waals surface area (Å²) in [5, 5.41) is 59.7. The van der Waals surface area contributed by atoms with Crippen LogP contribution in [0, 0.1) is 11.3 Å². The van der Waals surface area contributed by atoms with E-state index in [4.69, 9.17) is 18.9 Å². The van der Waals surface area contributed by atoms with Crippen LogP contribution in [-0.2, 0) is 23.7 Å². The highest BCUT2D eigenvalue weighted by Crippen LogP contribution is 2.53. The fraction of sp³-hybridized carbons (Fsp3) is 0.615. The van der Waals surface area contributed by atoms with Crippen molar-refractivity contribution >= 4 is 11.8 Å². The van der Waals surface area contributed by atoms with Crippen LogP contribution in [0.15, 0.2) is 24.3 Å². The van der Waals surface area contributed by atoms with Crippen molar-refractivity contribution in [1.29, 1.82) is 0 Å². The standard InChI is InChI=1S/C26H34O12/c1-12(4-5-18-25(2)8-14(27)9-26(18,3)36-11-25)37-24-22(33)21(32)20(31)17(38-24)10-35-23(34)13-6-15(28)19(30)16(29)7-13/h4-7,12,17-18,20-22,24,28-33H,8-11H2,1-3H3/b5-4+/t12-,17-,18-,20-,21+,22-,24-,25+,26+/m1/s1. The number of esters is 1. The second-order valence-corrected chi connectivity index (χ2v) is 10.8. The van der Waals surface area contributed by atoms with Crippen molar-refractivity contribution in [1.82, 2.24) is 0 Å². The van der Waals surface area contributed by atoms with E-state index in [0.29, 0.717) is 19.4 Å². The summed E-state index contributed by atoms with van der Waals surface area (Å²) >= 11 is 0. The van der Waals surface area contributed by atoms with Crippen molar-refractivity contribution in [3.05, 3.63) is 29.8 Å². The van der Waals surface area contributed by atoms with Gasteiger partial charge in [-0.2, -0.15) is 0 Å². The van der Waals surface area contributed by atoms with E-state index in [1.807, 2.05) is 19.9 Å². The lowest BCUT2D eigenvalue weighted by atomic mass is 9.63. The minimum absolute atomic E-state index is 0.0331. The van der Waals surface area contributed by atoms with Gasteiger partial charge in [-0.15, -0.1) is 0 Å². The molecule has 0 unspecified atom stereocenters. The minimum Gasteiger partial charge on any atom is -0.504 e. The number of rotatable bonds is 7. The number of hydrogen-bond donors (Lipinski definition) is 6. The Labute approximate surface area is 219 Å². The molecule has 210 valence electrons. The molecule has 12 heteroatoms. The Kier molecular flexibility index (Phi) is 7.77. The number of aliphatic hydroxyl groups excluding tert-OH is 3. The van der Waals surface area contributed by atoms with Gasteiger partial charge in [-0.1, -0.05) is 19.1 Å². The zero-order valence-corrected chi connectivity index (χ0v) is 21.3. The molecule has 3 fully saturated rings. The summed E-state index contributed by atoms with van der Waals surface area (Å²) in [6.07, 6.45) is -3.68. The number of phenols is 3. The molecule has 0 aromatic heterocycles. The first-order valence-corrected chi connectivity index (χ1v) is 12.4. The quantitative estimate of drug-likeness (QED) is 0.160. The Balaban J connectivity index is 1.38. The van der Waals surface area contributed by atoms with Crippen LogP contribution in [0.4, 0.5) is 0 Å². The summed E-state index contributed by atoms with van der Waals surface area (Å²) in [6.45, 7) is 5.53. The number of aromatic hydroxyl groups is 3. The summed E-state index contributed by atoms with van der Waals surface area (Å²) in [6, 6.07) is 1.77. The third-order valence-corrected chi connectivity index (χ3v) is 7.57. The molecule has 2 saturated heterocycles. The number of aliphatic hydroxyl groups is 3. The third kappa shape index (κ3) is 5.37. The highest BCUT2D eigenvalue weighted by atomic mass is 16.7. The Bertz CT molecular complexity index is 1060. The van der Waals surface area contributed by atoms with Gasteiger partial charge in [0, 0.05) is 24.2 Å². The van der Waals surface area contributed by atoms with E-state index in [2.05, 4.69) is 0 Å². The Morgan fingerprint density at radius 2 is 1.76 bits per heavy atom. The summed E-state index contributed by atoms with van der Waals surface area (Å²) in [4.78, 5) is 24.5. The van der Waals surface area contributed by atoms with E-state index in [-0.39, 0.29) is 22.7 Å². The van der Waals surface area contributed by atoms with E-state index in [0.717, 1.165) is 12.1 Å². The van der Waals surface area contributed by atoms with Crippen molar-refractivity contribution in [2.24, 2.45) is 11.3 Å². The molecule has 1 saturated carbocycles. The molecule has 2 aliphatic heterocycles. The number of fused-ring (bicyclic) bond motifs is 2. The molecular formula is C26H34O12. The highest BCUT2D eigenvalue weighted by molar-refractivity contribution is 5.91. The predicted octanol–water partition coefficient (Wildman–Crippen LogP) is 0.503. The number of carbonyl (C=O) groups is 2. The number of carbonyl (C=O) groups excluding carboxylic acids is 2. The predicted molar refractivity (Wildman–Crippen MR) is 128 cm³/mol. The molecule has 6 N–H and O–H groups in total. The maximum Gasteiger partial charge on any atom is 0.338 e. The van der Waals surface area contributed by atoms with Gasteiger partial charge in [0.05, 0.1) is 23.9 Å². The monoisotopic (exact) mass is 538 g/mol. The van der Waals surface area contributed by atoms with Crippen LogP contribution in [0.5, 0.6) is 17.2 Å². The smallest absolute Gasteiger partial charge is 0.338 e. The first kappa shape index (κ1) is 28.3. The Morgan fingerprint density at radius 3 is 2.39 bits per heavy atom. The largest absolute Gasteiger partial charge is 0.504 e. The number of hydrogen-bond acceptors (Lipinski definition) is 12. The minimum atomic E-state index is -1.66. The van der Waals surface area contributed by atoms with Gasteiger partial charge in [0.25, 0.3) is 0 Å². The van der Waals surface area contributed by atoms with Gasteiger partial charge < -0.3 is 49.6 Å². The summed E-state index contributed by atoms with van der Waals surface area (Å²) in [7, 11) is 0. The number of ether oxygens (including phenoxy) is 4. The molecule has 2 heterocycles. The number of benzene rings is 1. The van der Waals surface area contributed by atoms with Crippen LogP contribution < -0.4 is 0 Å². The van der Waals surface area contributed by atoms with Crippen molar-refractivity contribution in [3.63, 3.8) is 0 Å². The molecule has 2 bridgehead atoms. The molecule has 1 aliphatic carbocycles. The molecule has 0 radical (unpaired) electrons. The van der Waals surface area contributed by atoms with E-state index in [9.17, 15) is 40.2 Å². The molecule has 0 spiro atoms. The van der Waals surface area contributed by atoms with E-state index in [1.165, 1.54) is 0 Å². The number of ketones is 1. The summed E-state index contributed by atoms with van der Waals surface area (Å²) < 4.78 is 22.4. The lowest BCUT2D eigenvalue weighted by Gasteiger charge is -2.41. The maximum atomic E-state index is 12.3. The van der Waals surface area contributed by atoms with Crippen LogP contribution >= 0.6 is 0 Å². The van der Waals surface area contributed by atoms with Gasteiger partial charge >= 0.3 is 5.97 Å². The summed E-state index contributed by atoms with van der Waals surface area (Å²) in [5.74, 6) is -3.14. The highest BCUT2D eigenvalue weighted by Gasteiger charge is 2.57. The van der Waals surface area contributed by atoms with Gasteiger partial charge in [-0.3, -0.25) is 4.79 Å². The average molecular weight is 539 g/mol. The normalized spacial score (nSPS) is 37.9. The van der Waals surface area contributed by atoms with Crippen molar-refractivity contribution in [2.45, 2.75) is 76.0 Å². The summed E-state index contributed by atoms with van der Waals surface area (Å²) in [5.41, 5.74) is -1.22. The van der Waals surface area contributed by atoms with Crippen LogP contribution in [-0.4, -0.2) is 98.0 Å². The number of phenolic OH excluding ortho intramolecular Hbond substituents is 3. The van der Waals surface area contributed by atoms with Gasteiger partial charge in [0.2, 0.25) is 0 Å². The Hall–Kier alpha value is -2.74. The zero-order valence-electron chi connectivity index (χ0n) is 21.3. The molecule has 1 aromatic carbocycles. The molecule has 1 aromatic rings. The second kappa shape index (κ2) is 10.4. The molecule has 9 atom stereocenters. The van der Waals surface area contributed by atoms with Crippen LogP contribution in [0.2, 0.25) is 0 Å². The molecule has 38 heavy (non-hydrogen) atoms. The second-order valence-electron chi connectivity index (χ2n) is 10.8. The number of Topliss-reactive ketones (excluding diaryl/α,β-unsaturated/α-hetero) is 1. The fourth-order valence-electron chi connectivity index (χ4n) is 5.56. The first-order chi connectivity index (χ1) is 17.7. The van der Waals surface area contributed by atoms with Gasteiger partial charge in [-0.25, -0.2) is 4.79 Å². The SMILES string of the molecule is C[C@H](/C=C/[C@@H]1[C@]2(C)CO[C@@]1(C)CC(=O)C2)O[C@@H]1O[C@H](COC(=O)c2cc(O)c(O)c(O)c2)[C@@H](O)[C@H](O)[C@H]1O. The average Bonchev–Trinajstić information content (AvgIpc) is 3.00. The zero-order chi connectivity index (χ0) is 28.0. The molecule has 3 aliphatic rings. The van der Waals surface area contributed by atoms with Gasteiger partial charge in [0.1, 0.15) is 36.8 Å². The van der Waals surface area contributed by atoms with Crippen molar-refractivity contribution in [3.8, 4) is 17.2 Å². The molecular weight excluding hydrogens is 504 g/mol. The topological polar surface area (TPSA) is 192 Å². The van der Waals surface area contributed by atoms with Crippen LogP contribution in [0.3, 0.4) is 0 Å². The first-order valence-electron chi connectivity index (χ1n) is 12.4. The molecule has 0 amide bonds. The van der Waals surface area contributed by atoms with E-state index >= 15 is 0 Å². The van der Waals surface area contributed by atoms with Crippen LogP contribution in [0.1, 0.15) is 44.0 Å². The lowest BCUT2D eigenvalue weighted by Crippen LogP contribution is -2.59. The fourth-order valence-corrected chi connectivity index (χ4v) is 5.56. The van der Waals surface area contributed by atoms with Crippen LogP contribution in [0.25, 0.3) is 0 Å². The molecule has 12 nitrogen and oxygen atoms in total. The van der Waals surface area contributed by atoms with Crippen molar-refractivity contribution < 1.29 is 59.2 Å². The van der Waals surface area contributed by atoms with Gasteiger partial charge in [0.15, 0.2) is 23.5 Å². The van der Waals surface area contributed by atoms with Crippen molar-refractivity contribution in [2.75, 3.05) is 13.2 Å². The third-order valence-electron chi connectivity index (χ3n) is 7.57. The van der Waals surface area contributed by atoms with Gasteiger partial charge in [-0.05, 0) is 26.0 Å². The molecule has 4 rings (SSSR count). The Morgan fingerprint density at radius 1 is 1.11 bits per heavy atom. The van der Waals surface area contributed by atoms with E-state index in [1.54, 1.807) is 13.0 Å². The maximum absolute atomic E-state index is 12.3.